The highest BCUT2D eigenvalue weighted by Crippen LogP contribution is 2.33. The summed E-state index contributed by atoms with van der Waals surface area (Å²) in [6.45, 7) is 2.35. The van der Waals surface area contributed by atoms with E-state index < -0.39 is 0 Å². The number of rotatable bonds is 13. The average Bonchev–Trinajstić information content (AvgIpc) is 3.35. The van der Waals surface area contributed by atoms with Crippen LogP contribution in [-0.4, -0.2) is 62.6 Å². The monoisotopic (exact) mass is 520 g/mol. The molecule has 1 aliphatic rings. The van der Waals surface area contributed by atoms with Gasteiger partial charge >= 0.3 is 6.03 Å². The van der Waals surface area contributed by atoms with Gasteiger partial charge in [0.05, 0.1) is 10.2 Å². The van der Waals surface area contributed by atoms with Crippen LogP contribution in [0.4, 0.5) is 9.93 Å². The number of urea groups is 1. The molecule has 2 atom stereocenters. The molecule has 4 rings (SSSR count). The summed E-state index contributed by atoms with van der Waals surface area (Å²) < 4.78 is 11.6. The van der Waals surface area contributed by atoms with Gasteiger partial charge < -0.3 is 19.7 Å². The van der Waals surface area contributed by atoms with Crippen molar-refractivity contribution >= 4 is 32.7 Å². The number of para-hydroxylation sites is 1. The molecule has 0 saturated heterocycles. The fraction of sp³-hybridized carbons (Fsp3) is 0.379. The summed E-state index contributed by atoms with van der Waals surface area (Å²) in [6, 6.07) is 18.4. The van der Waals surface area contributed by atoms with Gasteiger partial charge in [-0.1, -0.05) is 78.1 Å². The van der Waals surface area contributed by atoms with Gasteiger partial charge in [0, 0.05) is 40.4 Å². The van der Waals surface area contributed by atoms with Crippen molar-refractivity contribution in [2.45, 2.75) is 25.0 Å². The van der Waals surface area contributed by atoms with Crippen LogP contribution in [0.25, 0.3) is 10.2 Å². The van der Waals surface area contributed by atoms with E-state index in [0.29, 0.717) is 43.1 Å². The Hall–Kier alpha value is -3.04. The number of methoxy groups -OCH3 is 2. The van der Waals surface area contributed by atoms with E-state index in [2.05, 4.69) is 64.2 Å². The van der Waals surface area contributed by atoms with E-state index in [0.717, 1.165) is 23.1 Å². The smallest absolute Gasteiger partial charge is 0.323 e. The Kier molecular flexibility index (Phi) is 10.3. The van der Waals surface area contributed by atoms with Crippen LogP contribution >= 0.6 is 11.3 Å². The molecule has 0 fully saturated rings. The van der Waals surface area contributed by atoms with Crippen LogP contribution in [0, 0.1) is 5.92 Å². The quantitative estimate of drug-likeness (QED) is 0.225. The van der Waals surface area contributed by atoms with Gasteiger partial charge in [-0.05, 0) is 42.4 Å². The number of aromatic nitrogens is 1. The van der Waals surface area contributed by atoms with Crippen molar-refractivity contribution in [3.8, 4) is 0 Å². The first-order valence-corrected chi connectivity index (χ1v) is 13.6. The number of thiazole rings is 1. The molecule has 1 aliphatic carbocycles. The van der Waals surface area contributed by atoms with Crippen LogP contribution in [0.3, 0.4) is 0 Å². The number of anilines is 1. The number of hydrogen-bond donors (Lipinski definition) is 2. The number of amides is 2. The van der Waals surface area contributed by atoms with Crippen molar-refractivity contribution in [2.75, 3.05) is 45.7 Å². The van der Waals surface area contributed by atoms with Gasteiger partial charge in [-0.25, -0.2) is 9.78 Å². The Bertz CT molecular complexity index is 1140. The maximum atomic E-state index is 13.4. The van der Waals surface area contributed by atoms with Crippen molar-refractivity contribution in [1.29, 1.82) is 0 Å². The first kappa shape index (κ1) is 27.0. The summed E-state index contributed by atoms with van der Waals surface area (Å²) in [4.78, 5) is 19.9. The maximum absolute atomic E-state index is 13.4. The highest BCUT2D eigenvalue weighted by atomic mass is 32.1. The molecule has 196 valence electrons. The number of benzene rings is 2. The lowest BCUT2D eigenvalue weighted by molar-refractivity contribution is -0.0986. The highest BCUT2D eigenvalue weighted by molar-refractivity contribution is 7.22. The molecule has 0 saturated carbocycles. The van der Waals surface area contributed by atoms with Crippen molar-refractivity contribution in [3.05, 3.63) is 84.5 Å². The third kappa shape index (κ3) is 7.72. The molecule has 0 aliphatic heterocycles. The SMILES string of the molecule is COC(CNCCN(CCC(c1ccccc1)C1C=CC=CC1)C(=O)Nc1nc2ccccc2s1)OC. The summed E-state index contributed by atoms with van der Waals surface area (Å²) in [6.07, 6.45) is 10.3. The second kappa shape index (κ2) is 14.0. The molecule has 0 radical (unpaired) electrons. The molecule has 2 aromatic carbocycles. The van der Waals surface area contributed by atoms with E-state index in [1.807, 2.05) is 35.2 Å². The first-order chi connectivity index (χ1) is 18.2. The topological polar surface area (TPSA) is 75.7 Å². The van der Waals surface area contributed by atoms with Gasteiger partial charge in [0.1, 0.15) is 0 Å². The summed E-state index contributed by atoms with van der Waals surface area (Å²) in [5, 5.41) is 6.99. The summed E-state index contributed by atoms with van der Waals surface area (Å²) >= 11 is 1.49. The predicted octanol–water partition coefficient (Wildman–Crippen LogP) is 5.64. The van der Waals surface area contributed by atoms with Gasteiger partial charge in [-0.2, -0.15) is 0 Å². The fourth-order valence-corrected chi connectivity index (χ4v) is 5.48. The average molecular weight is 521 g/mol. The molecule has 1 heterocycles. The number of carbonyl (C=O) groups excluding carboxylic acids is 1. The van der Waals surface area contributed by atoms with Crippen molar-refractivity contribution in [3.63, 3.8) is 0 Å². The number of nitrogens with zero attached hydrogens (tertiary/aromatic N) is 2. The minimum absolute atomic E-state index is 0.137. The summed E-state index contributed by atoms with van der Waals surface area (Å²) in [5.74, 6) is 0.725. The van der Waals surface area contributed by atoms with E-state index in [1.165, 1.54) is 16.9 Å². The second-order valence-corrected chi connectivity index (χ2v) is 10.1. The molecule has 1 aromatic heterocycles. The van der Waals surface area contributed by atoms with Crippen LogP contribution < -0.4 is 10.6 Å². The van der Waals surface area contributed by atoms with E-state index in [1.54, 1.807) is 14.2 Å². The molecular weight excluding hydrogens is 484 g/mol. The lowest BCUT2D eigenvalue weighted by Gasteiger charge is -2.29. The van der Waals surface area contributed by atoms with Crippen LogP contribution in [0.5, 0.6) is 0 Å². The number of hydrogen-bond acceptors (Lipinski definition) is 6. The van der Waals surface area contributed by atoms with Crippen molar-refractivity contribution in [1.82, 2.24) is 15.2 Å². The zero-order chi connectivity index (χ0) is 25.9. The number of fused-ring (bicyclic) bond motifs is 1. The Morgan fingerprint density at radius 3 is 2.59 bits per heavy atom. The third-order valence-corrected chi connectivity index (χ3v) is 7.61. The minimum Gasteiger partial charge on any atom is -0.355 e. The molecule has 0 bridgehead atoms. The zero-order valence-electron chi connectivity index (χ0n) is 21.5. The Morgan fingerprint density at radius 2 is 1.86 bits per heavy atom. The van der Waals surface area contributed by atoms with Gasteiger partial charge in [-0.3, -0.25) is 5.32 Å². The summed E-state index contributed by atoms with van der Waals surface area (Å²) in [5.41, 5.74) is 2.20. The van der Waals surface area contributed by atoms with Crippen LogP contribution in [-0.2, 0) is 9.47 Å². The van der Waals surface area contributed by atoms with Gasteiger partial charge in [0.25, 0.3) is 0 Å². The number of ether oxygens (including phenoxy) is 2. The minimum atomic E-state index is -0.321. The molecule has 8 heteroatoms. The standard InChI is InChI=1S/C29H36N4O3S/c1-35-27(36-2)21-30-18-20-33(29(34)32-28-31-25-15-9-10-16-26(25)37-28)19-17-24(22-11-5-3-6-12-22)23-13-7-4-8-14-23/h3-13,15-16,23-24,27,30H,14,17-21H2,1-2H3,(H,31,32,34). The summed E-state index contributed by atoms with van der Waals surface area (Å²) in [7, 11) is 3.23. The fourth-order valence-electron chi connectivity index (χ4n) is 4.63. The second-order valence-electron chi connectivity index (χ2n) is 9.03. The Morgan fingerprint density at radius 1 is 1.08 bits per heavy atom. The van der Waals surface area contributed by atoms with E-state index in [-0.39, 0.29) is 12.3 Å². The predicted molar refractivity (Wildman–Crippen MR) is 151 cm³/mol. The zero-order valence-corrected chi connectivity index (χ0v) is 22.3. The van der Waals surface area contributed by atoms with E-state index in [9.17, 15) is 4.79 Å². The van der Waals surface area contributed by atoms with Crippen LogP contribution in [0.2, 0.25) is 0 Å². The maximum Gasteiger partial charge on any atom is 0.323 e. The molecule has 7 nitrogen and oxygen atoms in total. The first-order valence-electron chi connectivity index (χ1n) is 12.7. The molecule has 2 amide bonds. The largest absolute Gasteiger partial charge is 0.355 e. The Labute approximate surface area is 223 Å². The van der Waals surface area contributed by atoms with Crippen molar-refractivity contribution < 1.29 is 14.3 Å². The van der Waals surface area contributed by atoms with Crippen molar-refractivity contribution in [2.24, 2.45) is 5.92 Å². The molecule has 2 N–H and O–H groups in total. The lowest BCUT2D eigenvalue weighted by atomic mass is 9.80. The van der Waals surface area contributed by atoms with Crippen LogP contribution in [0.15, 0.2) is 78.9 Å². The Balaban J connectivity index is 1.45. The molecular formula is C29H36N4O3S. The third-order valence-electron chi connectivity index (χ3n) is 6.66. The molecule has 3 aromatic rings. The van der Waals surface area contributed by atoms with Gasteiger partial charge in [-0.15, -0.1) is 0 Å². The number of nitrogens with one attached hydrogen (secondary N) is 2. The molecule has 0 spiro atoms. The number of carbonyl (C=O) groups is 1. The molecule has 2 unspecified atom stereocenters. The normalized spacial score (nSPS) is 15.8. The van der Waals surface area contributed by atoms with E-state index >= 15 is 0 Å². The van der Waals surface area contributed by atoms with E-state index in [4.69, 9.17) is 9.47 Å². The van der Waals surface area contributed by atoms with Gasteiger partial charge in [0.15, 0.2) is 11.4 Å². The molecule has 37 heavy (non-hydrogen) atoms. The lowest BCUT2D eigenvalue weighted by Crippen LogP contribution is -2.42. The van der Waals surface area contributed by atoms with Crippen LogP contribution in [0.1, 0.15) is 24.3 Å². The van der Waals surface area contributed by atoms with Gasteiger partial charge in [0.2, 0.25) is 0 Å². The number of allylic oxidation sites excluding steroid dienone is 4. The highest BCUT2D eigenvalue weighted by Gasteiger charge is 2.24.